The summed E-state index contributed by atoms with van der Waals surface area (Å²) in [5.74, 6) is 2.48. The minimum absolute atomic E-state index is 0.535. The molecule has 106 valence electrons. The van der Waals surface area contributed by atoms with Crippen molar-refractivity contribution in [2.75, 3.05) is 18.5 Å². The number of rotatable bonds is 3. The van der Waals surface area contributed by atoms with Crippen LogP contribution in [-0.4, -0.2) is 24.6 Å². The molecule has 0 aromatic carbocycles. The maximum atomic E-state index is 6.19. The standard InChI is InChI=1S/C15H24ClN3/c1-10-5-11(2)12(3)19(9-10)15-6-13(7-17-4)14(16)8-18-15/h6,8,10-12,17H,5,7,9H2,1-4H3. The van der Waals surface area contributed by atoms with Crippen LogP contribution >= 0.6 is 11.6 Å². The number of halogens is 1. The van der Waals surface area contributed by atoms with E-state index in [4.69, 9.17) is 11.6 Å². The van der Waals surface area contributed by atoms with E-state index in [1.807, 2.05) is 7.05 Å². The first-order valence-electron chi connectivity index (χ1n) is 7.08. The Bertz CT molecular complexity index is 435. The lowest BCUT2D eigenvalue weighted by atomic mass is 9.86. The van der Waals surface area contributed by atoms with E-state index >= 15 is 0 Å². The molecule has 1 aromatic rings. The number of aromatic nitrogens is 1. The number of anilines is 1. The molecule has 3 unspecified atom stereocenters. The minimum Gasteiger partial charge on any atom is -0.353 e. The van der Waals surface area contributed by atoms with Crippen molar-refractivity contribution in [2.24, 2.45) is 11.8 Å². The summed E-state index contributed by atoms with van der Waals surface area (Å²) in [6.07, 6.45) is 3.08. The number of hydrogen-bond donors (Lipinski definition) is 1. The van der Waals surface area contributed by atoms with Gasteiger partial charge in [0.25, 0.3) is 0 Å². The molecule has 0 radical (unpaired) electrons. The van der Waals surface area contributed by atoms with Gasteiger partial charge < -0.3 is 10.2 Å². The highest BCUT2D eigenvalue weighted by atomic mass is 35.5. The van der Waals surface area contributed by atoms with Gasteiger partial charge in [0.1, 0.15) is 5.82 Å². The molecular formula is C15H24ClN3. The van der Waals surface area contributed by atoms with Gasteiger partial charge in [-0.1, -0.05) is 25.4 Å². The van der Waals surface area contributed by atoms with Gasteiger partial charge in [0.05, 0.1) is 5.02 Å². The van der Waals surface area contributed by atoms with Crippen LogP contribution in [0.2, 0.25) is 5.02 Å². The van der Waals surface area contributed by atoms with Gasteiger partial charge in [-0.25, -0.2) is 4.98 Å². The molecule has 2 rings (SSSR count). The van der Waals surface area contributed by atoms with Gasteiger partial charge in [0.2, 0.25) is 0 Å². The third kappa shape index (κ3) is 3.21. The van der Waals surface area contributed by atoms with Crippen molar-refractivity contribution in [3.05, 3.63) is 22.8 Å². The Labute approximate surface area is 121 Å². The van der Waals surface area contributed by atoms with Crippen molar-refractivity contribution >= 4 is 17.4 Å². The molecule has 1 fully saturated rings. The molecule has 19 heavy (non-hydrogen) atoms. The van der Waals surface area contributed by atoms with Crippen LogP contribution in [0.25, 0.3) is 0 Å². The van der Waals surface area contributed by atoms with E-state index in [2.05, 4.69) is 42.0 Å². The number of pyridine rings is 1. The molecule has 0 spiro atoms. The number of hydrogen-bond acceptors (Lipinski definition) is 3. The van der Waals surface area contributed by atoms with Gasteiger partial charge in [-0.05, 0) is 43.9 Å². The summed E-state index contributed by atoms with van der Waals surface area (Å²) in [6, 6.07) is 2.66. The molecule has 1 N–H and O–H groups in total. The lowest BCUT2D eigenvalue weighted by Gasteiger charge is -2.42. The summed E-state index contributed by atoms with van der Waals surface area (Å²) < 4.78 is 0. The normalized spacial score (nSPS) is 27.6. The monoisotopic (exact) mass is 281 g/mol. The zero-order valence-corrected chi connectivity index (χ0v) is 13.0. The van der Waals surface area contributed by atoms with Crippen molar-refractivity contribution in [2.45, 2.75) is 39.8 Å². The summed E-state index contributed by atoms with van der Waals surface area (Å²) in [5, 5.41) is 3.89. The second kappa shape index (κ2) is 6.10. The first-order valence-corrected chi connectivity index (χ1v) is 7.46. The minimum atomic E-state index is 0.535. The van der Waals surface area contributed by atoms with Gasteiger partial charge in [-0.3, -0.25) is 0 Å². The van der Waals surface area contributed by atoms with E-state index in [1.165, 1.54) is 6.42 Å². The molecule has 1 aromatic heterocycles. The summed E-state index contributed by atoms with van der Waals surface area (Å²) in [5.41, 5.74) is 1.12. The van der Waals surface area contributed by atoms with Crippen molar-refractivity contribution in [1.82, 2.24) is 10.3 Å². The number of nitrogens with one attached hydrogen (secondary N) is 1. The molecule has 3 nitrogen and oxygen atoms in total. The second-order valence-electron chi connectivity index (χ2n) is 5.88. The molecule has 4 heteroatoms. The maximum Gasteiger partial charge on any atom is 0.129 e. The van der Waals surface area contributed by atoms with Crippen molar-refractivity contribution in [3.63, 3.8) is 0 Å². The first kappa shape index (κ1) is 14.6. The third-order valence-corrected chi connectivity index (χ3v) is 4.52. The molecule has 1 aliphatic rings. The van der Waals surface area contributed by atoms with E-state index in [0.29, 0.717) is 12.0 Å². The Balaban J connectivity index is 2.27. The van der Waals surface area contributed by atoms with E-state index in [0.717, 1.165) is 35.4 Å². The van der Waals surface area contributed by atoms with Crippen LogP contribution in [0.3, 0.4) is 0 Å². The number of piperidine rings is 1. The van der Waals surface area contributed by atoms with Crippen LogP contribution in [-0.2, 0) is 6.54 Å². The summed E-state index contributed by atoms with van der Waals surface area (Å²) in [4.78, 5) is 6.96. The summed E-state index contributed by atoms with van der Waals surface area (Å²) >= 11 is 6.19. The van der Waals surface area contributed by atoms with Gasteiger partial charge >= 0.3 is 0 Å². The Kier molecular flexibility index (Phi) is 4.69. The predicted octanol–water partition coefficient (Wildman–Crippen LogP) is 3.33. The fraction of sp³-hybridized carbons (Fsp3) is 0.667. The van der Waals surface area contributed by atoms with Crippen molar-refractivity contribution in [3.8, 4) is 0 Å². The van der Waals surface area contributed by atoms with Gasteiger partial charge in [-0.15, -0.1) is 0 Å². The largest absolute Gasteiger partial charge is 0.353 e. The predicted molar refractivity (Wildman–Crippen MR) is 81.8 cm³/mol. The average molecular weight is 282 g/mol. The van der Waals surface area contributed by atoms with E-state index in [1.54, 1.807) is 6.20 Å². The van der Waals surface area contributed by atoms with Gasteiger partial charge in [-0.2, -0.15) is 0 Å². The fourth-order valence-corrected chi connectivity index (χ4v) is 3.14. The smallest absolute Gasteiger partial charge is 0.129 e. The van der Waals surface area contributed by atoms with Crippen LogP contribution in [0.1, 0.15) is 32.8 Å². The Morgan fingerprint density at radius 3 is 2.84 bits per heavy atom. The molecule has 1 saturated heterocycles. The zero-order chi connectivity index (χ0) is 14.0. The molecule has 2 heterocycles. The lowest BCUT2D eigenvalue weighted by molar-refractivity contribution is 0.295. The van der Waals surface area contributed by atoms with Crippen molar-refractivity contribution < 1.29 is 0 Å². The summed E-state index contributed by atoms with van der Waals surface area (Å²) in [7, 11) is 1.93. The fourth-order valence-electron chi connectivity index (χ4n) is 2.97. The Morgan fingerprint density at radius 1 is 1.42 bits per heavy atom. The zero-order valence-electron chi connectivity index (χ0n) is 12.3. The van der Waals surface area contributed by atoms with Crippen LogP contribution in [0.5, 0.6) is 0 Å². The summed E-state index contributed by atoms with van der Waals surface area (Å²) in [6.45, 7) is 8.81. The molecule has 1 aliphatic heterocycles. The quantitative estimate of drug-likeness (QED) is 0.921. The first-order chi connectivity index (χ1) is 9.02. The molecule has 0 amide bonds. The molecular weight excluding hydrogens is 258 g/mol. The maximum absolute atomic E-state index is 6.19. The Morgan fingerprint density at radius 2 is 2.16 bits per heavy atom. The van der Waals surface area contributed by atoms with Crippen LogP contribution in [0.15, 0.2) is 12.3 Å². The lowest BCUT2D eigenvalue weighted by Crippen LogP contribution is -2.46. The highest BCUT2D eigenvalue weighted by Gasteiger charge is 2.29. The SMILES string of the molecule is CNCc1cc(N2CC(C)CC(C)C2C)ncc1Cl. The molecule has 0 saturated carbocycles. The molecule has 0 aliphatic carbocycles. The van der Waals surface area contributed by atoms with E-state index in [-0.39, 0.29) is 0 Å². The highest BCUT2D eigenvalue weighted by Crippen LogP contribution is 2.31. The van der Waals surface area contributed by atoms with Crippen LogP contribution < -0.4 is 10.2 Å². The molecule has 0 bridgehead atoms. The third-order valence-electron chi connectivity index (χ3n) is 4.18. The Hall–Kier alpha value is -0.800. The molecule has 3 atom stereocenters. The number of nitrogens with zero attached hydrogens (tertiary/aromatic N) is 2. The van der Waals surface area contributed by atoms with E-state index < -0.39 is 0 Å². The van der Waals surface area contributed by atoms with Crippen LogP contribution in [0.4, 0.5) is 5.82 Å². The van der Waals surface area contributed by atoms with E-state index in [9.17, 15) is 0 Å². The van der Waals surface area contributed by atoms with Crippen LogP contribution in [0, 0.1) is 11.8 Å². The van der Waals surface area contributed by atoms with Gasteiger partial charge in [0.15, 0.2) is 0 Å². The highest BCUT2D eigenvalue weighted by molar-refractivity contribution is 6.31. The average Bonchev–Trinajstić information content (AvgIpc) is 2.37. The van der Waals surface area contributed by atoms with Gasteiger partial charge in [0, 0.05) is 25.3 Å². The van der Waals surface area contributed by atoms with Crippen molar-refractivity contribution in [1.29, 1.82) is 0 Å². The second-order valence-corrected chi connectivity index (χ2v) is 6.28. The topological polar surface area (TPSA) is 28.2 Å².